The van der Waals surface area contributed by atoms with Gasteiger partial charge in [0.15, 0.2) is 0 Å². The van der Waals surface area contributed by atoms with E-state index < -0.39 is 0 Å². The fourth-order valence-corrected chi connectivity index (χ4v) is 1.67. The minimum Gasteiger partial charge on any atom is -0.497 e. The second kappa shape index (κ2) is 5.76. The molecule has 0 radical (unpaired) electrons. The molecule has 0 amide bonds. The Morgan fingerprint density at radius 2 is 2.20 bits per heavy atom. The first kappa shape index (κ1) is 12.0. The Hall–Kier alpha value is -1.03. The third-order valence-electron chi connectivity index (χ3n) is 2.57. The van der Waals surface area contributed by atoms with Crippen LogP contribution in [0.1, 0.15) is 12.0 Å². The number of hydrogen-bond donors (Lipinski definition) is 1. The largest absolute Gasteiger partial charge is 0.497 e. The Labute approximate surface area is 91.2 Å². The molecule has 0 atom stereocenters. The number of nitrogens with one attached hydrogen (secondary N) is 1. The molecule has 0 aliphatic rings. The highest BCUT2D eigenvalue weighted by molar-refractivity contribution is 6.35. The molecule has 0 aromatic heterocycles. The van der Waals surface area contributed by atoms with E-state index in [0.29, 0.717) is 0 Å². The molecule has 1 aromatic carbocycles. The Balaban J connectivity index is 2.84. The highest BCUT2D eigenvalue weighted by Crippen LogP contribution is 2.14. The van der Waals surface area contributed by atoms with E-state index in [1.54, 1.807) is 13.2 Å². The van der Waals surface area contributed by atoms with Gasteiger partial charge >= 0.3 is 0 Å². The molecule has 1 aromatic rings. The Kier molecular flexibility index (Phi) is 4.62. The van der Waals surface area contributed by atoms with E-state index in [4.69, 9.17) is 4.74 Å². The van der Waals surface area contributed by atoms with Gasteiger partial charge in [-0.25, -0.2) is 4.39 Å². The molecule has 0 bridgehead atoms. The lowest BCUT2D eigenvalue weighted by molar-refractivity contribution is 0.416. The summed E-state index contributed by atoms with van der Waals surface area (Å²) in [5.74, 6) is 0.625. The van der Waals surface area contributed by atoms with Crippen LogP contribution in [0.3, 0.4) is 0 Å². The van der Waals surface area contributed by atoms with Crippen LogP contribution in [-0.4, -0.2) is 28.5 Å². The summed E-state index contributed by atoms with van der Waals surface area (Å²) in [6, 6.07) is 3.15. The molecule has 0 fully saturated rings. The van der Waals surface area contributed by atoms with Gasteiger partial charge in [-0.3, -0.25) is 0 Å². The van der Waals surface area contributed by atoms with Gasteiger partial charge in [-0.05, 0) is 49.6 Å². The standard InChI is InChI=1S/C11H17BFNO/c1-14-7-3-4-8-9(13)5-6-10(15-2)11(8)12/h5-6,14H,3-4,7,12H2,1-2H3. The molecule has 1 rings (SSSR count). The predicted molar refractivity (Wildman–Crippen MR) is 63.4 cm³/mol. The topological polar surface area (TPSA) is 21.3 Å². The van der Waals surface area contributed by atoms with Gasteiger partial charge in [0.05, 0.1) is 7.11 Å². The van der Waals surface area contributed by atoms with E-state index in [1.165, 1.54) is 6.07 Å². The van der Waals surface area contributed by atoms with Crippen molar-refractivity contribution in [3.63, 3.8) is 0 Å². The molecule has 2 nitrogen and oxygen atoms in total. The summed E-state index contributed by atoms with van der Waals surface area (Å²) in [7, 11) is 5.41. The second-order valence-corrected chi connectivity index (χ2v) is 3.56. The summed E-state index contributed by atoms with van der Waals surface area (Å²) in [6.45, 7) is 0.899. The molecule has 0 unspecified atom stereocenters. The van der Waals surface area contributed by atoms with E-state index in [0.717, 1.165) is 36.2 Å². The van der Waals surface area contributed by atoms with Crippen molar-refractivity contribution in [2.24, 2.45) is 0 Å². The van der Waals surface area contributed by atoms with Crippen molar-refractivity contribution in [3.05, 3.63) is 23.5 Å². The average molecular weight is 209 g/mol. The number of hydrogen-bond acceptors (Lipinski definition) is 2. The minimum absolute atomic E-state index is 0.135. The Morgan fingerprint density at radius 1 is 1.47 bits per heavy atom. The van der Waals surface area contributed by atoms with Gasteiger partial charge in [-0.1, -0.05) is 0 Å². The molecule has 0 heterocycles. The molecular formula is C11H17BFNO. The Morgan fingerprint density at radius 3 is 2.80 bits per heavy atom. The minimum atomic E-state index is -0.135. The maximum atomic E-state index is 13.5. The SMILES string of the molecule is Bc1c(OC)ccc(F)c1CCCNC. The lowest BCUT2D eigenvalue weighted by Gasteiger charge is -2.11. The first-order valence-electron chi connectivity index (χ1n) is 5.17. The van der Waals surface area contributed by atoms with E-state index >= 15 is 0 Å². The quantitative estimate of drug-likeness (QED) is 0.554. The van der Waals surface area contributed by atoms with E-state index in [9.17, 15) is 4.39 Å². The van der Waals surface area contributed by atoms with Gasteiger partial charge in [-0.2, -0.15) is 0 Å². The maximum Gasteiger partial charge on any atom is 0.144 e. The van der Waals surface area contributed by atoms with Gasteiger partial charge in [-0.15, -0.1) is 0 Å². The van der Waals surface area contributed by atoms with Crippen LogP contribution in [0.25, 0.3) is 0 Å². The summed E-state index contributed by atoms with van der Waals surface area (Å²) in [6.07, 6.45) is 1.68. The zero-order valence-corrected chi connectivity index (χ0v) is 9.56. The molecule has 0 aliphatic heterocycles. The van der Waals surface area contributed by atoms with Gasteiger partial charge < -0.3 is 10.1 Å². The van der Waals surface area contributed by atoms with Gasteiger partial charge in [0.25, 0.3) is 0 Å². The molecule has 1 N–H and O–H groups in total. The van der Waals surface area contributed by atoms with Crippen molar-refractivity contribution >= 4 is 13.3 Å². The normalized spacial score (nSPS) is 10.3. The zero-order chi connectivity index (χ0) is 11.3. The second-order valence-electron chi connectivity index (χ2n) is 3.56. The zero-order valence-electron chi connectivity index (χ0n) is 9.56. The van der Waals surface area contributed by atoms with Gasteiger partial charge in [0.2, 0.25) is 0 Å². The van der Waals surface area contributed by atoms with E-state index in [-0.39, 0.29) is 5.82 Å². The smallest absolute Gasteiger partial charge is 0.144 e. The average Bonchev–Trinajstić information content (AvgIpc) is 2.23. The highest BCUT2D eigenvalue weighted by atomic mass is 19.1. The van der Waals surface area contributed by atoms with Crippen molar-refractivity contribution in [3.8, 4) is 5.75 Å². The van der Waals surface area contributed by atoms with Gasteiger partial charge in [0.1, 0.15) is 19.4 Å². The maximum absolute atomic E-state index is 13.5. The first-order valence-corrected chi connectivity index (χ1v) is 5.17. The molecule has 0 saturated heterocycles. The van der Waals surface area contributed by atoms with Crippen LogP contribution in [0, 0.1) is 5.82 Å². The first-order chi connectivity index (χ1) is 7.20. The van der Waals surface area contributed by atoms with E-state index in [1.807, 2.05) is 14.9 Å². The van der Waals surface area contributed by atoms with Crippen LogP contribution in [0.5, 0.6) is 5.75 Å². The fourth-order valence-electron chi connectivity index (χ4n) is 1.67. The summed E-state index contributed by atoms with van der Waals surface area (Å²) in [4.78, 5) is 0. The van der Waals surface area contributed by atoms with E-state index in [2.05, 4.69) is 5.32 Å². The number of methoxy groups -OCH3 is 1. The van der Waals surface area contributed by atoms with Crippen LogP contribution in [0.4, 0.5) is 4.39 Å². The molecule has 0 aliphatic carbocycles. The van der Waals surface area contributed by atoms with Gasteiger partial charge in [0, 0.05) is 0 Å². The van der Waals surface area contributed by atoms with Crippen LogP contribution < -0.4 is 15.5 Å². The summed E-state index contributed by atoms with van der Waals surface area (Å²) in [5, 5.41) is 3.05. The molecular weight excluding hydrogens is 192 g/mol. The van der Waals surface area contributed by atoms with Crippen LogP contribution in [-0.2, 0) is 6.42 Å². The summed E-state index contributed by atoms with van der Waals surface area (Å²) in [5.41, 5.74) is 1.68. The Bertz CT molecular complexity index is 331. The molecule has 15 heavy (non-hydrogen) atoms. The molecule has 0 saturated carbocycles. The van der Waals surface area contributed by atoms with Crippen molar-refractivity contribution in [1.29, 1.82) is 0 Å². The molecule has 82 valence electrons. The predicted octanol–water partition coefficient (Wildman–Crippen LogP) is 0.245. The third-order valence-corrected chi connectivity index (χ3v) is 2.57. The van der Waals surface area contributed by atoms with Crippen LogP contribution in [0.15, 0.2) is 12.1 Å². The molecule has 4 heteroatoms. The van der Waals surface area contributed by atoms with Crippen LogP contribution >= 0.6 is 0 Å². The van der Waals surface area contributed by atoms with Crippen molar-refractivity contribution in [2.45, 2.75) is 12.8 Å². The fraction of sp³-hybridized carbons (Fsp3) is 0.455. The third kappa shape index (κ3) is 2.96. The summed E-state index contributed by atoms with van der Waals surface area (Å²) < 4.78 is 18.7. The monoisotopic (exact) mass is 209 g/mol. The van der Waals surface area contributed by atoms with Crippen molar-refractivity contribution in [2.75, 3.05) is 20.7 Å². The van der Waals surface area contributed by atoms with Crippen molar-refractivity contribution in [1.82, 2.24) is 5.32 Å². The number of rotatable bonds is 5. The lowest BCUT2D eigenvalue weighted by atomic mass is 9.87. The van der Waals surface area contributed by atoms with Crippen molar-refractivity contribution < 1.29 is 9.13 Å². The summed E-state index contributed by atoms with van der Waals surface area (Å²) >= 11 is 0. The number of ether oxygens (including phenoxy) is 1. The van der Waals surface area contributed by atoms with Crippen LogP contribution in [0.2, 0.25) is 0 Å². The highest BCUT2D eigenvalue weighted by Gasteiger charge is 2.09. The number of benzene rings is 1. The molecule has 0 spiro atoms. The lowest BCUT2D eigenvalue weighted by Crippen LogP contribution is -2.18. The number of halogens is 1.